The summed E-state index contributed by atoms with van der Waals surface area (Å²) in [6, 6.07) is 0.389. The van der Waals surface area contributed by atoms with E-state index in [1.54, 1.807) is 7.11 Å². The number of hydrogen-bond donors (Lipinski definition) is 1. The van der Waals surface area contributed by atoms with E-state index in [1.807, 2.05) is 0 Å². The Morgan fingerprint density at radius 2 is 2.36 bits per heavy atom. The molecular weight excluding hydrogens is 266 g/mol. The number of nitrogens with zero attached hydrogens (tertiary/aromatic N) is 2. The summed E-state index contributed by atoms with van der Waals surface area (Å²) in [5.41, 5.74) is 0. The van der Waals surface area contributed by atoms with Gasteiger partial charge in [-0.15, -0.1) is 10.2 Å². The van der Waals surface area contributed by atoms with Gasteiger partial charge in [0.05, 0.1) is 12.1 Å². The Hall–Kier alpha value is -0.200. The molecule has 6 heteroatoms. The number of anilines is 1. The molecule has 2 rings (SSSR count). The molecule has 0 aromatic carbocycles. The molecule has 2 atom stereocenters. The first-order chi connectivity index (χ1) is 6.79. The van der Waals surface area contributed by atoms with Gasteiger partial charge in [-0.25, -0.2) is 0 Å². The highest BCUT2D eigenvalue weighted by Gasteiger charge is 2.27. The Morgan fingerprint density at radius 1 is 1.50 bits per heavy atom. The van der Waals surface area contributed by atoms with Crippen LogP contribution < -0.4 is 5.32 Å². The molecule has 0 bridgehead atoms. The van der Waals surface area contributed by atoms with Crippen molar-refractivity contribution in [2.75, 3.05) is 12.4 Å². The molecule has 0 amide bonds. The summed E-state index contributed by atoms with van der Waals surface area (Å²) in [5, 5.41) is 12.1. The standard InChI is InChI=1S/C8H12BrN3OS/c1-13-6-4-2-3-5(6)10-8-12-11-7(9)14-8/h5-6H,2-4H2,1H3,(H,10,12)/t5-,6-/m0/s1. The van der Waals surface area contributed by atoms with E-state index in [2.05, 4.69) is 31.4 Å². The number of rotatable bonds is 3. The van der Waals surface area contributed by atoms with Gasteiger partial charge in [-0.1, -0.05) is 11.3 Å². The second-order valence-corrected chi connectivity index (χ2v) is 5.57. The third kappa shape index (κ3) is 2.24. The lowest BCUT2D eigenvalue weighted by Crippen LogP contribution is -2.29. The highest BCUT2D eigenvalue weighted by Crippen LogP contribution is 2.27. The fourth-order valence-corrected chi connectivity index (χ4v) is 2.87. The van der Waals surface area contributed by atoms with E-state index in [0.717, 1.165) is 21.9 Å². The van der Waals surface area contributed by atoms with Crippen LogP contribution in [0.25, 0.3) is 0 Å². The number of hydrogen-bond acceptors (Lipinski definition) is 5. The average Bonchev–Trinajstić information content (AvgIpc) is 2.76. The summed E-state index contributed by atoms with van der Waals surface area (Å²) in [5.74, 6) is 0. The number of ether oxygens (including phenoxy) is 1. The highest BCUT2D eigenvalue weighted by molar-refractivity contribution is 9.11. The first kappa shape index (κ1) is 10.3. The van der Waals surface area contributed by atoms with Crippen molar-refractivity contribution in [1.29, 1.82) is 0 Å². The molecule has 0 radical (unpaired) electrons. The first-order valence-corrected chi connectivity index (χ1v) is 6.19. The molecule has 1 saturated carbocycles. The van der Waals surface area contributed by atoms with Gasteiger partial charge in [0.15, 0.2) is 3.92 Å². The van der Waals surface area contributed by atoms with Crippen molar-refractivity contribution in [3.63, 3.8) is 0 Å². The molecular formula is C8H12BrN3OS. The minimum atomic E-state index is 0.317. The van der Waals surface area contributed by atoms with Crippen LogP contribution in [0.2, 0.25) is 0 Å². The SMILES string of the molecule is CO[C@H]1CCC[C@@H]1Nc1nnc(Br)s1. The van der Waals surface area contributed by atoms with Crippen molar-refractivity contribution < 1.29 is 4.74 Å². The molecule has 0 aliphatic heterocycles. The molecule has 1 fully saturated rings. The largest absolute Gasteiger partial charge is 0.379 e. The van der Waals surface area contributed by atoms with Gasteiger partial charge < -0.3 is 10.1 Å². The van der Waals surface area contributed by atoms with E-state index in [0.29, 0.717) is 12.1 Å². The molecule has 1 aromatic heterocycles. The van der Waals surface area contributed by atoms with Gasteiger partial charge in [0.25, 0.3) is 0 Å². The Labute approximate surface area is 95.2 Å². The highest BCUT2D eigenvalue weighted by atomic mass is 79.9. The topological polar surface area (TPSA) is 47.0 Å². The Balaban J connectivity index is 1.96. The van der Waals surface area contributed by atoms with Gasteiger partial charge in [0.2, 0.25) is 5.13 Å². The fraction of sp³-hybridized carbons (Fsp3) is 0.750. The summed E-state index contributed by atoms with van der Waals surface area (Å²) < 4.78 is 6.20. The molecule has 1 N–H and O–H groups in total. The normalized spacial score (nSPS) is 26.7. The van der Waals surface area contributed by atoms with Crippen LogP contribution in [0.1, 0.15) is 19.3 Å². The maximum absolute atomic E-state index is 5.38. The zero-order chi connectivity index (χ0) is 9.97. The second kappa shape index (κ2) is 4.55. The zero-order valence-corrected chi connectivity index (χ0v) is 10.3. The van der Waals surface area contributed by atoms with E-state index in [-0.39, 0.29) is 0 Å². The summed E-state index contributed by atoms with van der Waals surface area (Å²) in [6.45, 7) is 0. The molecule has 1 aliphatic carbocycles. The van der Waals surface area contributed by atoms with Gasteiger partial charge in [-0.2, -0.15) is 0 Å². The van der Waals surface area contributed by atoms with Gasteiger partial charge >= 0.3 is 0 Å². The maximum Gasteiger partial charge on any atom is 0.206 e. The predicted octanol–water partition coefficient (Wildman–Crippen LogP) is 2.28. The quantitative estimate of drug-likeness (QED) is 0.921. The van der Waals surface area contributed by atoms with E-state index in [4.69, 9.17) is 4.74 Å². The minimum Gasteiger partial charge on any atom is -0.379 e. The van der Waals surface area contributed by atoms with Gasteiger partial charge in [-0.3, -0.25) is 0 Å². The predicted molar refractivity (Wildman–Crippen MR) is 59.7 cm³/mol. The lowest BCUT2D eigenvalue weighted by atomic mass is 10.2. The summed E-state index contributed by atoms with van der Waals surface area (Å²) >= 11 is 4.80. The van der Waals surface area contributed by atoms with Crippen LogP contribution in [-0.2, 0) is 4.74 Å². The average molecular weight is 278 g/mol. The third-order valence-electron chi connectivity index (χ3n) is 2.46. The first-order valence-electron chi connectivity index (χ1n) is 4.58. The Kier molecular flexibility index (Phi) is 3.35. The summed E-state index contributed by atoms with van der Waals surface area (Å²) in [7, 11) is 1.76. The molecule has 1 heterocycles. The smallest absolute Gasteiger partial charge is 0.206 e. The second-order valence-electron chi connectivity index (χ2n) is 3.32. The van der Waals surface area contributed by atoms with Crippen LogP contribution in [0.15, 0.2) is 3.92 Å². The molecule has 0 spiro atoms. The lowest BCUT2D eigenvalue weighted by Gasteiger charge is -2.18. The van der Waals surface area contributed by atoms with Crippen LogP contribution in [0.5, 0.6) is 0 Å². The van der Waals surface area contributed by atoms with Crippen LogP contribution >= 0.6 is 27.3 Å². The van der Waals surface area contributed by atoms with Crippen molar-refractivity contribution in [1.82, 2.24) is 10.2 Å². The molecule has 4 nitrogen and oxygen atoms in total. The van der Waals surface area contributed by atoms with Crippen LogP contribution in [0, 0.1) is 0 Å². The van der Waals surface area contributed by atoms with Gasteiger partial charge in [0.1, 0.15) is 0 Å². The number of methoxy groups -OCH3 is 1. The molecule has 14 heavy (non-hydrogen) atoms. The molecule has 1 aliphatic rings. The van der Waals surface area contributed by atoms with E-state index in [1.165, 1.54) is 17.8 Å². The Bertz CT molecular complexity index is 307. The zero-order valence-electron chi connectivity index (χ0n) is 7.86. The third-order valence-corrected chi connectivity index (χ3v) is 3.75. The lowest BCUT2D eigenvalue weighted by molar-refractivity contribution is 0.101. The monoisotopic (exact) mass is 277 g/mol. The van der Waals surface area contributed by atoms with Crippen molar-refractivity contribution in [3.8, 4) is 0 Å². The Morgan fingerprint density at radius 3 is 3.00 bits per heavy atom. The van der Waals surface area contributed by atoms with E-state index < -0.39 is 0 Å². The number of halogens is 1. The molecule has 1 aromatic rings. The van der Waals surface area contributed by atoms with Crippen LogP contribution in [0.4, 0.5) is 5.13 Å². The van der Waals surface area contributed by atoms with Crippen molar-refractivity contribution in [3.05, 3.63) is 3.92 Å². The van der Waals surface area contributed by atoms with Crippen LogP contribution in [-0.4, -0.2) is 29.5 Å². The maximum atomic E-state index is 5.38. The van der Waals surface area contributed by atoms with Crippen LogP contribution in [0.3, 0.4) is 0 Å². The minimum absolute atomic E-state index is 0.317. The van der Waals surface area contributed by atoms with Crippen molar-refractivity contribution >= 4 is 32.4 Å². The van der Waals surface area contributed by atoms with E-state index >= 15 is 0 Å². The van der Waals surface area contributed by atoms with Crippen molar-refractivity contribution in [2.24, 2.45) is 0 Å². The molecule has 0 unspecified atom stereocenters. The molecule has 78 valence electrons. The summed E-state index contributed by atoms with van der Waals surface area (Å²) in [6.07, 6.45) is 3.82. The fourth-order valence-electron chi connectivity index (χ4n) is 1.80. The van der Waals surface area contributed by atoms with Gasteiger partial charge in [-0.05, 0) is 35.2 Å². The van der Waals surface area contributed by atoms with E-state index in [9.17, 15) is 0 Å². The summed E-state index contributed by atoms with van der Waals surface area (Å²) in [4.78, 5) is 0. The number of aromatic nitrogens is 2. The van der Waals surface area contributed by atoms with Gasteiger partial charge in [0, 0.05) is 7.11 Å². The molecule has 0 saturated heterocycles. The number of nitrogens with one attached hydrogen (secondary N) is 1. The van der Waals surface area contributed by atoms with Crippen molar-refractivity contribution in [2.45, 2.75) is 31.4 Å².